The molecular formula is C10H24. The Morgan fingerprint density at radius 3 is 1.10 bits per heavy atom. The summed E-state index contributed by atoms with van der Waals surface area (Å²) < 4.78 is 0. The highest BCUT2D eigenvalue weighted by Crippen LogP contribution is 1.76. The van der Waals surface area contributed by atoms with E-state index in [0.29, 0.717) is 0 Å². The van der Waals surface area contributed by atoms with Crippen LogP contribution in [-0.2, 0) is 0 Å². The molecule has 0 bridgehead atoms. The second kappa shape index (κ2) is 23.3. The molecular weight excluding hydrogens is 120 g/mol. The van der Waals surface area contributed by atoms with Gasteiger partial charge < -0.3 is 0 Å². The van der Waals surface area contributed by atoms with Crippen molar-refractivity contribution in [1.82, 2.24) is 0 Å². The van der Waals surface area contributed by atoms with Gasteiger partial charge in [-0.2, -0.15) is 0 Å². The topological polar surface area (TPSA) is 0 Å². The van der Waals surface area contributed by atoms with Gasteiger partial charge in [0.1, 0.15) is 0 Å². The number of allylic oxidation sites excluding steroid dienone is 1. The normalized spacial score (nSPS) is 6.20. The van der Waals surface area contributed by atoms with Crippen LogP contribution >= 0.6 is 0 Å². The van der Waals surface area contributed by atoms with Crippen LogP contribution in [0.4, 0.5) is 0 Å². The van der Waals surface area contributed by atoms with E-state index in [0.717, 1.165) is 0 Å². The first-order valence-corrected chi connectivity index (χ1v) is 4.27. The number of hydrogen-bond acceptors (Lipinski definition) is 0. The van der Waals surface area contributed by atoms with Gasteiger partial charge >= 0.3 is 0 Å². The zero-order chi connectivity index (χ0) is 8.99. The fraction of sp³-hybridized carbons (Fsp3) is 0.800. The average Bonchev–Trinajstić information content (AvgIpc) is 1.91. The lowest BCUT2D eigenvalue weighted by Crippen LogP contribution is -1.47. The molecule has 0 saturated carbocycles. The molecule has 0 atom stereocenters. The average molecular weight is 144 g/mol. The van der Waals surface area contributed by atoms with Crippen LogP contribution in [0.2, 0.25) is 0 Å². The molecule has 0 spiro atoms. The van der Waals surface area contributed by atoms with Crippen LogP contribution < -0.4 is 0 Å². The fourth-order valence-electron chi connectivity index (χ4n) is 0. The van der Waals surface area contributed by atoms with E-state index >= 15 is 0 Å². The molecule has 0 nitrogen and oxygen atoms in total. The first-order valence-electron chi connectivity index (χ1n) is 4.27. The molecule has 0 rings (SSSR count). The molecule has 0 aliphatic rings. The minimum atomic E-state index is 1.17. The van der Waals surface area contributed by atoms with Gasteiger partial charge in [0.2, 0.25) is 0 Å². The van der Waals surface area contributed by atoms with Crippen molar-refractivity contribution in [3.8, 4) is 0 Å². The van der Waals surface area contributed by atoms with Gasteiger partial charge in [-0.1, -0.05) is 46.1 Å². The summed E-state index contributed by atoms with van der Waals surface area (Å²) in [6, 6.07) is 0. The molecule has 0 fully saturated rings. The van der Waals surface area contributed by atoms with Gasteiger partial charge in [0.05, 0.1) is 0 Å². The maximum absolute atomic E-state index is 3.56. The Hall–Kier alpha value is -0.260. The molecule has 0 heteroatoms. The van der Waals surface area contributed by atoms with Gasteiger partial charge in [-0.3, -0.25) is 0 Å². The third-order valence-electron chi connectivity index (χ3n) is 0.500. The second-order valence-electron chi connectivity index (χ2n) is 2.21. The van der Waals surface area contributed by atoms with Crippen molar-refractivity contribution in [2.24, 2.45) is 0 Å². The summed E-state index contributed by atoms with van der Waals surface area (Å²) in [6.07, 6.45) is 2.64. The summed E-state index contributed by atoms with van der Waals surface area (Å²) in [6.45, 7) is 15.9. The second-order valence-corrected chi connectivity index (χ2v) is 2.21. The zero-order valence-corrected chi connectivity index (χ0v) is 8.62. The van der Waals surface area contributed by atoms with Crippen LogP contribution in [0, 0.1) is 0 Å². The van der Waals surface area contributed by atoms with Gasteiger partial charge in [0.25, 0.3) is 0 Å². The molecule has 0 radical (unpaired) electrons. The van der Waals surface area contributed by atoms with E-state index in [4.69, 9.17) is 0 Å². The van der Waals surface area contributed by atoms with E-state index in [-0.39, 0.29) is 0 Å². The van der Waals surface area contributed by atoms with Gasteiger partial charge in [-0.25, -0.2) is 0 Å². The third-order valence-corrected chi connectivity index (χ3v) is 0.500. The summed E-state index contributed by atoms with van der Waals surface area (Å²) in [5, 5.41) is 0. The standard InChI is InChI=1S/C4H8.C4H10.C2H6/c1-4(2)3;1-3-4-2;1-2/h1H2,2-3H3;3-4H2,1-2H3;1-2H3. The zero-order valence-electron chi connectivity index (χ0n) is 8.62. The molecule has 0 aromatic heterocycles. The van der Waals surface area contributed by atoms with E-state index in [1.165, 1.54) is 18.4 Å². The van der Waals surface area contributed by atoms with E-state index in [2.05, 4.69) is 20.4 Å². The maximum atomic E-state index is 3.56. The molecule has 0 saturated heterocycles. The Kier molecular flexibility index (Phi) is 38.2. The number of rotatable bonds is 1. The van der Waals surface area contributed by atoms with E-state index < -0.39 is 0 Å². The molecule has 10 heavy (non-hydrogen) atoms. The van der Waals surface area contributed by atoms with Crippen molar-refractivity contribution in [3.63, 3.8) is 0 Å². The Morgan fingerprint density at radius 1 is 1.00 bits per heavy atom. The smallest absolute Gasteiger partial charge is 0.0445 e. The summed E-state index contributed by atoms with van der Waals surface area (Å²) in [4.78, 5) is 0. The summed E-state index contributed by atoms with van der Waals surface area (Å²) in [5.74, 6) is 0. The molecule has 0 heterocycles. The fourth-order valence-corrected chi connectivity index (χ4v) is 0. The Labute approximate surface area is 67.3 Å². The van der Waals surface area contributed by atoms with Crippen LogP contribution in [0.3, 0.4) is 0 Å². The largest absolute Gasteiger partial charge is 0.100 e. The van der Waals surface area contributed by atoms with Crippen LogP contribution in [0.5, 0.6) is 0 Å². The molecule has 0 aromatic rings. The molecule has 0 N–H and O–H groups in total. The molecule has 0 aliphatic heterocycles. The van der Waals surface area contributed by atoms with Gasteiger partial charge in [0.15, 0.2) is 0 Å². The molecule has 0 aromatic carbocycles. The van der Waals surface area contributed by atoms with Crippen LogP contribution in [0.15, 0.2) is 12.2 Å². The highest BCUT2D eigenvalue weighted by atomic mass is 13.6. The Balaban J connectivity index is -0.0000000787. The molecule has 0 amide bonds. The lowest BCUT2D eigenvalue weighted by molar-refractivity contribution is 0.886. The number of hydrogen-bond donors (Lipinski definition) is 0. The van der Waals surface area contributed by atoms with Crippen molar-refractivity contribution in [2.75, 3.05) is 0 Å². The number of unbranched alkanes of at least 4 members (excludes halogenated alkanes) is 1. The van der Waals surface area contributed by atoms with E-state index in [1.54, 1.807) is 0 Å². The lowest BCUT2D eigenvalue weighted by atomic mass is 10.4. The van der Waals surface area contributed by atoms with Gasteiger partial charge in [-0.15, -0.1) is 6.58 Å². The van der Waals surface area contributed by atoms with Gasteiger partial charge in [0, 0.05) is 0 Å². The minimum Gasteiger partial charge on any atom is -0.100 e. The SMILES string of the molecule is C=C(C)C.CC.CCCC. The monoisotopic (exact) mass is 144 g/mol. The van der Waals surface area contributed by atoms with Gasteiger partial charge in [-0.05, 0) is 13.8 Å². The third kappa shape index (κ3) is 642. The lowest BCUT2D eigenvalue weighted by Gasteiger charge is -1.68. The molecule has 64 valence electrons. The quantitative estimate of drug-likeness (QED) is 0.478. The predicted molar refractivity (Wildman–Crippen MR) is 52.4 cm³/mol. The first-order chi connectivity index (χ1) is 4.65. The van der Waals surface area contributed by atoms with Crippen LogP contribution in [-0.4, -0.2) is 0 Å². The first kappa shape index (κ1) is 16.4. The van der Waals surface area contributed by atoms with Crippen molar-refractivity contribution in [2.45, 2.75) is 54.4 Å². The summed E-state index contributed by atoms with van der Waals surface area (Å²) in [7, 11) is 0. The van der Waals surface area contributed by atoms with Crippen LogP contribution in [0.1, 0.15) is 54.4 Å². The maximum Gasteiger partial charge on any atom is -0.0445 e. The van der Waals surface area contributed by atoms with Crippen molar-refractivity contribution in [1.29, 1.82) is 0 Å². The van der Waals surface area contributed by atoms with Crippen LogP contribution in [0.25, 0.3) is 0 Å². The van der Waals surface area contributed by atoms with E-state index in [1.807, 2.05) is 27.7 Å². The van der Waals surface area contributed by atoms with Crippen molar-refractivity contribution < 1.29 is 0 Å². The highest BCUT2D eigenvalue weighted by molar-refractivity contribution is 4.78. The Morgan fingerprint density at radius 2 is 1.10 bits per heavy atom. The molecule has 0 aliphatic carbocycles. The predicted octanol–water partition coefficient (Wildman–Crippen LogP) is 4.42. The highest BCUT2D eigenvalue weighted by Gasteiger charge is 1.56. The van der Waals surface area contributed by atoms with Crippen molar-refractivity contribution in [3.05, 3.63) is 12.2 Å². The molecule has 0 unspecified atom stereocenters. The minimum absolute atomic E-state index is 1.17. The van der Waals surface area contributed by atoms with Crippen molar-refractivity contribution >= 4 is 0 Å². The Bertz CT molecular complexity index is 38.0. The summed E-state index contributed by atoms with van der Waals surface area (Å²) >= 11 is 0. The van der Waals surface area contributed by atoms with E-state index in [9.17, 15) is 0 Å². The summed E-state index contributed by atoms with van der Waals surface area (Å²) in [5.41, 5.74) is 1.17.